The topological polar surface area (TPSA) is 58.6 Å². The van der Waals surface area contributed by atoms with Crippen LogP contribution in [0.4, 0.5) is 0 Å². The van der Waals surface area contributed by atoms with Gasteiger partial charge in [-0.05, 0) is 73.6 Å². The van der Waals surface area contributed by atoms with E-state index < -0.39 is 5.91 Å². The first kappa shape index (κ1) is 21.4. The maximum atomic E-state index is 12.7. The summed E-state index contributed by atoms with van der Waals surface area (Å²) in [6, 6.07) is 13.8. The number of halogens is 1. The molecule has 2 aromatic rings. The van der Waals surface area contributed by atoms with Gasteiger partial charge < -0.3 is 4.74 Å². The summed E-state index contributed by atoms with van der Waals surface area (Å²) in [6.45, 7) is 4.07. The molecule has 1 aliphatic heterocycles. The minimum Gasteiger partial charge on any atom is -0.491 e. The molecule has 0 aliphatic carbocycles. The van der Waals surface area contributed by atoms with Crippen LogP contribution in [0.3, 0.4) is 0 Å². The molecule has 1 heterocycles. The van der Waals surface area contributed by atoms with Crippen LogP contribution in [-0.4, -0.2) is 27.2 Å². The zero-order chi connectivity index (χ0) is 21.0. The SMILES string of the molecule is CC[C@@H](C)Oc1ccc(/C=C2\SC(=S)N(NC(=O)c3ccc(Cl)cc3)C2=O)cc1. The lowest BCUT2D eigenvalue weighted by Crippen LogP contribution is -2.44. The summed E-state index contributed by atoms with van der Waals surface area (Å²) in [5.74, 6) is -0.0349. The molecule has 2 amide bonds. The van der Waals surface area contributed by atoms with Crippen LogP contribution in [0.2, 0.25) is 5.02 Å². The van der Waals surface area contributed by atoms with E-state index in [0.717, 1.165) is 34.5 Å². The number of carbonyl (C=O) groups is 2. The first-order valence-electron chi connectivity index (χ1n) is 8.98. The molecule has 8 heteroatoms. The van der Waals surface area contributed by atoms with Crippen molar-refractivity contribution in [2.75, 3.05) is 0 Å². The standard InChI is InChI=1S/C21H19ClN2O3S2/c1-3-13(2)27-17-10-4-14(5-11-17)12-18-20(26)24(21(28)29-18)23-19(25)15-6-8-16(22)9-7-15/h4-13H,3H2,1-2H3,(H,23,25)/b18-12-/t13-/m1/s1. The van der Waals surface area contributed by atoms with Crippen molar-refractivity contribution in [2.24, 2.45) is 0 Å². The molecule has 0 unspecified atom stereocenters. The number of benzene rings is 2. The molecule has 3 rings (SSSR count). The second-order valence-electron chi connectivity index (χ2n) is 6.37. The van der Waals surface area contributed by atoms with Gasteiger partial charge in [-0.3, -0.25) is 15.0 Å². The molecular formula is C21H19ClN2O3S2. The largest absolute Gasteiger partial charge is 0.491 e. The van der Waals surface area contributed by atoms with Gasteiger partial charge in [-0.25, -0.2) is 0 Å². The van der Waals surface area contributed by atoms with Gasteiger partial charge >= 0.3 is 0 Å². The second kappa shape index (κ2) is 9.43. The third-order valence-corrected chi connectivity index (χ3v) is 5.76. The van der Waals surface area contributed by atoms with Crippen LogP contribution < -0.4 is 10.2 Å². The average Bonchev–Trinajstić information content (AvgIpc) is 2.97. The number of rotatable bonds is 6. The summed E-state index contributed by atoms with van der Waals surface area (Å²) in [4.78, 5) is 25.5. The van der Waals surface area contributed by atoms with Crippen molar-refractivity contribution in [3.05, 3.63) is 69.6 Å². The minimum absolute atomic E-state index is 0.140. The van der Waals surface area contributed by atoms with Gasteiger partial charge in [-0.15, -0.1) is 0 Å². The lowest BCUT2D eigenvalue weighted by molar-refractivity contribution is -0.123. The number of carbonyl (C=O) groups excluding carboxylic acids is 2. The van der Waals surface area contributed by atoms with E-state index >= 15 is 0 Å². The van der Waals surface area contributed by atoms with E-state index in [1.807, 2.05) is 31.2 Å². The summed E-state index contributed by atoms with van der Waals surface area (Å²) in [5.41, 5.74) is 3.76. The van der Waals surface area contributed by atoms with Crippen LogP contribution in [0.25, 0.3) is 6.08 Å². The van der Waals surface area contributed by atoms with E-state index in [1.165, 1.54) is 0 Å². The van der Waals surface area contributed by atoms with Gasteiger partial charge in [-0.1, -0.05) is 42.4 Å². The van der Waals surface area contributed by atoms with Gasteiger partial charge in [0.2, 0.25) is 0 Å². The fraction of sp³-hybridized carbons (Fsp3) is 0.190. The fourth-order valence-electron chi connectivity index (χ4n) is 2.44. The Morgan fingerprint density at radius 1 is 1.24 bits per heavy atom. The Morgan fingerprint density at radius 3 is 2.52 bits per heavy atom. The number of thioether (sulfide) groups is 1. The van der Waals surface area contributed by atoms with E-state index in [0.29, 0.717) is 15.5 Å². The van der Waals surface area contributed by atoms with Crippen LogP contribution in [0.15, 0.2) is 53.4 Å². The summed E-state index contributed by atoms with van der Waals surface area (Å²) in [7, 11) is 0. The fourth-order valence-corrected chi connectivity index (χ4v) is 3.75. The number of nitrogens with zero attached hydrogens (tertiary/aromatic N) is 1. The molecule has 29 heavy (non-hydrogen) atoms. The highest BCUT2D eigenvalue weighted by atomic mass is 35.5. The highest BCUT2D eigenvalue weighted by molar-refractivity contribution is 8.26. The van der Waals surface area contributed by atoms with E-state index in [2.05, 4.69) is 12.3 Å². The minimum atomic E-state index is -0.439. The normalized spacial score (nSPS) is 16.2. The second-order valence-corrected chi connectivity index (χ2v) is 8.48. The summed E-state index contributed by atoms with van der Waals surface area (Å²) < 4.78 is 6.02. The third kappa shape index (κ3) is 5.38. The van der Waals surface area contributed by atoms with Gasteiger partial charge in [-0.2, -0.15) is 5.01 Å². The van der Waals surface area contributed by atoms with Crippen molar-refractivity contribution in [1.29, 1.82) is 0 Å². The highest BCUT2D eigenvalue weighted by Crippen LogP contribution is 2.31. The lowest BCUT2D eigenvalue weighted by Gasteiger charge is -2.15. The number of thiocarbonyl (C=S) groups is 1. The number of hydrogen-bond acceptors (Lipinski definition) is 5. The maximum Gasteiger partial charge on any atom is 0.285 e. The molecule has 1 aliphatic rings. The lowest BCUT2D eigenvalue weighted by atomic mass is 10.2. The van der Waals surface area contributed by atoms with Crippen LogP contribution in [0.5, 0.6) is 5.75 Å². The van der Waals surface area contributed by atoms with Crippen molar-refractivity contribution in [3.63, 3.8) is 0 Å². The monoisotopic (exact) mass is 446 g/mol. The van der Waals surface area contributed by atoms with E-state index in [4.69, 9.17) is 28.6 Å². The number of amides is 2. The van der Waals surface area contributed by atoms with Gasteiger partial charge in [0.1, 0.15) is 5.75 Å². The molecule has 5 nitrogen and oxygen atoms in total. The zero-order valence-corrected chi connectivity index (χ0v) is 18.2. The van der Waals surface area contributed by atoms with Crippen molar-refractivity contribution in [1.82, 2.24) is 10.4 Å². The molecule has 2 aromatic carbocycles. The van der Waals surface area contributed by atoms with Crippen LogP contribution in [0.1, 0.15) is 36.2 Å². The number of nitrogens with one attached hydrogen (secondary N) is 1. The molecule has 1 atom stereocenters. The maximum absolute atomic E-state index is 12.7. The molecule has 0 radical (unpaired) electrons. The molecule has 0 bridgehead atoms. The van der Waals surface area contributed by atoms with Gasteiger partial charge in [0.15, 0.2) is 4.32 Å². The van der Waals surface area contributed by atoms with Crippen molar-refractivity contribution >= 4 is 57.8 Å². The van der Waals surface area contributed by atoms with E-state index in [1.54, 1.807) is 30.3 Å². The Hall–Kier alpha value is -2.35. The Morgan fingerprint density at radius 2 is 1.90 bits per heavy atom. The predicted molar refractivity (Wildman–Crippen MR) is 121 cm³/mol. The molecule has 1 fully saturated rings. The number of ether oxygens (including phenoxy) is 1. The van der Waals surface area contributed by atoms with Crippen LogP contribution in [0, 0.1) is 0 Å². The first-order valence-corrected chi connectivity index (χ1v) is 10.6. The van der Waals surface area contributed by atoms with E-state index in [-0.39, 0.29) is 16.3 Å². The Bertz CT molecular complexity index is 959. The first-order chi connectivity index (χ1) is 13.9. The molecule has 0 aromatic heterocycles. The smallest absolute Gasteiger partial charge is 0.285 e. The Balaban J connectivity index is 1.69. The molecule has 1 N–H and O–H groups in total. The average molecular weight is 447 g/mol. The quantitative estimate of drug-likeness (QED) is 0.496. The van der Waals surface area contributed by atoms with Crippen molar-refractivity contribution in [3.8, 4) is 5.75 Å². The van der Waals surface area contributed by atoms with Gasteiger partial charge in [0, 0.05) is 10.6 Å². The van der Waals surface area contributed by atoms with Gasteiger partial charge in [0.25, 0.3) is 11.8 Å². The Labute approximate surface area is 184 Å². The molecule has 1 saturated heterocycles. The predicted octanol–water partition coefficient (Wildman–Crippen LogP) is 5.06. The van der Waals surface area contributed by atoms with Crippen LogP contribution in [-0.2, 0) is 4.79 Å². The van der Waals surface area contributed by atoms with Gasteiger partial charge in [0.05, 0.1) is 11.0 Å². The van der Waals surface area contributed by atoms with E-state index in [9.17, 15) is 9.59 Å². The molecule has 0 spiro atoms. The highest BCUT2D eigenvalue weighted by Gasteiger charge is 2.33. The van der Waals surface area contributed by atoms with Crippen molar-refractivity contribution < 1.29 is 14.3 Å². The summed E-state index contributed by atoms with van der Waals surface area (Å²) >= 11 is 12.2. The third-order valence-electron chi connectivity index (χ3n) is 4.20. The number of hydrazine groups is 1. The van der Waals surface area contributed by atoms with Crippen LogP contribution >= 0.6 is 35.6 Å². The summed E-state index contributed by atoms with van der Waals surface area (Å²) in [6.07, 6.45) is 2.80. The zero-order valence-electron chi connectivity index (χ0n) is 15.8. The molecule has 0 saturated carbocycles. The number of hydrogen-bond donors (Lipinski definition) is 1. The molecule has 150 valence electrons. The van der Waals surface area contributed by atoms with Crippen molar-refractivity contribution in [2.45, 2.75) is 26.4 Å². The summed E-state index contributed by atoms with van der Waals surface area (Å²) in [5, 5.41) is 1.61. The molecular weight excluding hydrogens is 428 g/mol. The Kier molecular flexibility index (Phi) is 6.95.